The van der Waals surface area contributed by atoms with Gasteiger partial charge in [0.15, 0.2) is 0 Å². The van der Waals surface area contributed by atoms with Crippen LogP contribution in [0, 0.1) is 11.3 Å². The maximum absolute atomic E-state index is 12.2. The second kappa shape index (κ2) is 7.48. The molecule has 3 aliphatic heterocycles. The third-order valence-electron chi connectivity index (χ3n) is 5.30. The Morgan fingerprint density at radius 3 is 2.81 bits per heavy atom. The number of pyridine rings is 1. The summed E-state index contributed by atoms with van der Waals surface area (Å²) < 4.78 is 10.9. The van der Waals surface area contributed by atoms with Gasteiger partial charge in [-0.15, -0.1) is 0 Å². The molecule has 3 saturated heterocycles. The lowest BCUT2D eigenvalue weighted by Gasteiger charge is -2.28. The number of hydrogen-bond acceptors (Lipinski definition) is 7. The quantitative estimate of drug-likeness (QED) is 0.766. The van der Waals surface area contributed by atoms with E-state index in [-0.39, 0.29) is 18.2 Å². The molecular weight excluding hydrogens is 334 g/mol. The topological polar surface area (TPSA) is 81.9 Å². The van der Waals surface area contributed by atoms with Crippen molar-refractivity contribution in [3.05, 3.63) is 23.9 Å². The predicted octanol–water partition coefficient (Wildman–Crippen LogP) is 0.685. The Morgan fingerprint density at radius 2 is 2.08 bits per heavy atom. The van der Waals surface area contributed by atoms with Crippen LogP contribution in [-0.2, 0) is 9.47 Å². The number of carbonyl (C=O) groups excluding carboxylic acids is 1. The maximum atomic E-state index is 12.2. The van der Waals surface area contributed by atoms with E-state index in [2.05, 4.69) is 20.9 Å². The molecule has 26 heavy (non-hydrogen) atoms. The number of ether oxygens (including phenoxy) is 2. The lowest BCUT2D eigenvalue weighted by Crippen LogP contribution is -2.41. The van der Waals surface area contributed by atoms with Crippen molar-refractivity contribution in [2.75, 3.05) is 57.4 Å². The van der Waals surface area contributed by atoms with E-state index in [9.17, 15) is 4.79 Å². The van der Waals surface area contributed by atoms with Crippen LogP contribution < -0.4 is 4.90 Å². The first kappa shape index (κ1) is 17.1. The smallest absolute Gasteiger partial charge is 0.410 e. The zero-order valence-corrected chi connectivity index (χ0v) is 14.7. The minimum atomic E-state index is -0.200. The molecule has 0 aliphatic carbocycles. The van der Waals surface area contributed by atoms with Gasteiger partial charge >= 0.3 is 6.09 Å². The zero-order valence-electron chi connectivity index (χ0n) is 14.7. The molecule has 0 aromatic carbocycles. The van der Waals surface area contributed by atoms with E-state index in [1.165, 1.54) is 0 Å². The summed E-state index contributed by atoms with van der Waals surface area (Å²) in [6, 6.07) is 5.77. The summed E-state index contributed by atoms with van der Waals surface area (Å²) in [7, 11) is 0. The summed E-state index contributed by atoms with van der Waals surface area (Å²) in [5.41, 5.74) is 0.546. The third-order valence-corrected chi connectivity index (χ3v) is 5.30. The Morgan fingerprint density at radius 1 is 1.23 bits per heavy atom. The fourth-order valence-electron chi connectivity index (χ4n) is 3.88. The van der Waals surface area contributed by atoms with Crippen LogP contribution in [0.15, 0.2) is 18.3 Å². The number of aromatic nitrogens is 1. The van der Waals surface area contributed by atoms with Crippen molar-refractivity contribution in [2.24, 2.45) is 0 Å². The number of hydrogen-bond donors (Lipinski definition) is 0. The first-order chi connectivity index (χ1) is 12.7. The highest BCUT2D eigenvalue weighted by molar-refractivity contribution is 5.71. The fraction of sp³-hybridized carbons (Fsp3) is 0.611. The monoisotopic (exact) mass is 357 g/mol. The highest BCUT2D eigenvalue weighted by Gasteiger charge is 2.47. The van der Waals surface area contributed by atoms with Gasteiger partial charge in [0.25, 0.3) is 0 Å². The first-order valence-corrected chi connectivity index (χ1v) is 9.13. The number of rotatable bonds is 5. The molecule has 3 fully saturated rings. The van der Waals surface area contributed by atoms with E-state index in [1.807, 2.05) is 11.0 Å². The lowest BCUT2D eigenvalue weighted by molar-refractivity contribution is 0.0363. The van der Waals surface area contributed by atoms with Crippen molar-refractivity contribution in [1.82, 2.24) is 14.8 Å². The first-order valence-electron chi connectivity index (χ1n) is 9.13. The molecule has 1 amide bonds. The maximum Gasteiger partial charge on any atom is 0.410 e. The van der Waals surface area contributed by atoms with Gasteiger partial charge in [0.2, 0.25) is 0 Å². The third kappa shape index (κ3) is 3.45. The number of fused-ring (bicyclic) bond motifs is 1. The molecule has 0 unspecified atom stereocenters. The summed E-state index contributed by atoms with van der Waals surface area (Å²) in [6.07, 6.45) is 2.21. The highest BCUT2D eigenvalue weighted by atomic mass is 16.6. The van der Waals surface area contributed by atoms with Crippen LogP contribution in [0.3, 0.4) is 0 Å². The van der Waals surface area contributed by atoms with Gasteiger partial charge in [0, 0.05) is 38.9 Å². The Hall–Kier alpha value is -2.37. The molecule has 2 atom stereocenters. The van der Waals surface area contributed by atoms with Gasteiger partial charge in [-0.3, -0.25) is 9.80 Å². The number of amides is 1. The fourth-order valence-corrected chi connectivity index (χ4v) is 3.88. The van der Waals surface area contributed by atoms with Gasteiger partial charge in [-0.1, -0.05) is 0 Å². The summed E-state index contributed by atoms with van der Waals surface area (Å²) in [5.74, 6) is 0.822. The Bertz CT molecular complexity index is 683. The van der Waals surface area contributed by atoms with Gasteiger partial charge in [0.1, 0.15) is 18.0 Å². The lowest BCUT2D eigenvalue weighted by atomic mass is 10.2. The second-order valence-corrected chi connectivity index (χ2v) is 6.91. The second-order valence-electron chi connectivity index (χ2n) is 6.91. The van der Waals surface area contributed by atoms with Crippen molar-refractivity contribution in [1.29, 1.82) is 5.26 Å². The average Bonchev–Trinajstić information content (AvgIpc) is 3.21. The molecule has 0 bridgehead atoms. The molecule has 0 spiro atoms. The Balaban J connectivity index is 1.32. The summed E-state index contributed by atoms with van der Waals surface area (Å²) in [5, 5.41) is 8.89. The summed E-state index contributed by atoms with van der Waals surface area (Å²) in [6.45, 7) is 6.58. The van der Waals surface area contributed by atoms with Crippen molar-refractivity contribution in [3.63, 3.8) is 0 Å². The van der Waals surface area contributed by atoms with E-state index in [1.54, 1.807) is 12.3 Å². The van der Waals surface area contributed by atoms with E-state index < -0.39 is 0 Å². The van der Waals surface area contributed by atoms with Crippen LogP contribution in [0.4, 0.5) is 10.6 Å². The molecule has 1 aromatic rings. The molecule has 8 nitrogen and oxygen atoms in total. The van der Waals surface area contributed by atoms with E-state index in [0.29, 0.717) is 25.2 Å². The van der Waals surface area contributed by atoms with E-state index >= 15 is 0 Å². The minimum absolute atomic E-state index is 0.0737. The summed E-state index contributed by atoms with van der Waals surface area (Å²) >= 11 is 0. The normalized spacial score (nSPS) is 25.9. The molecule has 4 heterocycles. The molecule has 3 aliphatic rings. The molecule has 8 heteroatoms. The van der Waals surface area contributed by atoms with Crippen LogP contribution in [-0.4, -0.2) is 85.5 Å². The van der Waals surface area contributed by atoms with E-state index in [0.717, 1.165) is 45.1 Å². The number of anilines is 1. The number of nitriles is 1. The molecule has 4 rings (SSSR count). The van der Waals surface area contributed by atoms with Gasteiger partial charge in [-0.25, -0.2) is 9.78 Å². The Labute approximate surface area is 152 Å². The van der Waals surface area contributed by atoms with Crippen molar-refractivity contribution in [3.8, 4) is 6.07 Å². The Kier molecular flexibility index (Phi) is 4.91. The van der Waals surface area contributed by atoms with Crippen LogP contribution in [0.5, 0.6) is 0 Å². The molecule has 1 aromatic heterocycles. The largest absolute Gasteiger partial charge is 0.442 e. The van der Waals surface area contributed by atoms with E-state index in [4.69, 9.17) is 14.7 Å². The number of carbonyl (C=O) groups is 1. The molecule has 0 saturated carbocycles. The van der Waals surface area contributed by atoms with Crippen molar-refractivity contribution >= 4 is 11.9 Å². The van der Waals surface area contributed by atoms with Crippen LogP contribution >= 0.6 is 0 Å². The highest BCUT2D eigenvalue weighted by Crippen LogP contribution is 2.29. The molecule has 0 radical (unpaired) electrons. The standard InChI is InChI=1S/C18H23N5O3/c19-10-14-2-3-17(20-11-14)22-12-15-16(13-22)26-18(24)23(15)5-1-4-21-6-8-25-9-7-21/h2-3,11,15-16H,1,4-9,12-13H2/t15-,16+/m0/s1. The summed E-state index contributed by atoms with van der Waals surface area (Å²) in [4.78, 5) is 22.9. The minimum Gasteiger partial charge on any atom is -0.442 e. The number of nitrogens with zero attached hydrogens (tertiary/aromatic N) is 5. The van der Waals surface area contributed by atoms with Crippen LogP contribution in [0.1, 0.15) is 12.0 Å². The SMILES string of the molecule is N#Cc1ccc(N2C[C@H]3OC(=O)N(CCCN4CCOCC4)[C@H]3C2)nc1. The van der Waals surface area contributed by atoms with Crippen molar-refractivity contribution in [2.45, 2.75) is 18.6 Å². The van der Waals surface area contributed by atoms with Gasteiger partial charge in [-0.2, -0.15) is 5.26 Å². The zero-order chi connectivity index (χ0) is 17.9. The predicted molar refractivity (Wildman–Crippen MR) is 93.8 cm³/mol. The van der Waals surface area contributed by atoms with Crippen molar-refractivity contribution < 1.29 is 14.3 Å². The van der Waals surface area contributed by atoms with Gasteiger partial charge < -0.3 is 14.4 Å². The van der Waals surface area contributed by atoms with Crippen LogP contribution in [0.2, 0.25) is 0 Å². The van der Waals surface area contributed by atoms with Gasteiger partial charge in [0.05, 0.1) is 31.4 Å². The molecular formula is C18H23N5O3. The molecule has 138 valence electrons. The molecule has 0 N–H and O–H groups in total. The van der Waals surface area contributed by atoms with Crippen LogP contribution in [0.25, 0.3) is 0 Å². The van der Waals surface area contributed by atoms with Gasteiger partial charge in [-0.05, 0) is 18.6 Å². The average molecular weight is 357 g/mol. The number of morpholine rings is 1.